The van der Waals surface area contributed by atoms with Crippen molar-refractivity contribution in [3.05, 3.63) is 71.8 Å². The molecule has 0 unspecified atom stereocenters. The Hall–Kier alpha value is -2.46. The van der Waals surface area contributed by atoms with Gasteiger partial charge < -0.3 is 9.30 Å². The second-order valence-corrected chi connectivity index (χ2v) is 6.88. The molecule has 4 heteroatoms. The highest BCUT2D eigenvalue weighted by atomic mass is 16.5. The minimum atomic E-state index is 0.312. The van der Waals surface area contributed by atoms with E-state index in [1.807, 2.05) is 18.6 Å². The van der Waals surface area contributed by atoms with E-state index in [4.69, 9.17) is 4.74 Å². The summed E-state index contributed by atoms with van der Waals surface area (Å²) in [7, 11) is 0. The molecule has 0 amide bonds. The lowest BCUT2D eigenvalue weighted by atomic mass is 9.95. The van der Waals surface area contributed by atoms with Crippen molar-refractivity contribution in [2.75, 3.05) is 13.2 Å². The summed E-state index contributed by atoms with van der Waals surface area (Å²) < 4.78 is 8.13. The molecule has 1 aliphatic heterocycles. The number of pyridine rings is 1. The smallest absolute Gasteiger partial charge is 0.140 e. The quantitative estimate of drug-likeness (QED) is 0.725. The minimum absolute atomic E-state index is 0.312. The Morgan fingerprint density at radius 2 is 1.88 bits per heavy atom. The van der Waals surface area contributed by atoms with Crippen LogP contribution in [0, 0.1) is 19.8 Å². The third kappa shape index (κ3) is 3.22. The molecule has 1 saturated heterocycles. The van der Waals surface area contributed by atoms with E-state index >= 15 is 0 Å². The van der Waals surface area contributed by atoms with Gasteiger partial charge in [-0.3, -0.25) is 4.98 Å². The van der Waals surface area contributed by atoms with Crippen LogP contribution in [0.15, 0.2) is 55.1 Å². The van der Waals surface area contributed by atoms with Crippen LogP contribution >= 0.6 is 0 Å². The van der Waals surface area contributed by atoms with Gasteiger partial charge in [0.15, 0.2) is 0 Å². The number of imidazole rings is 1. The summed E-state index contributed by atoms with van der Waals surface area (Å²) in [4.78, 5) is 8.75. The number of nitrogens with zero attached hydrogens (tertiary/aromatic N) is 3. The summed E-state index contributed by atoms with van der Waals surface area (Å²) in [6, 6.07) is 11.0. The van der Waals surface area contributed by atoms with Crippen molar-refractivity contribution in [1.82, 2.24) is 14.5 Å². The molecule has 3 heterocycles. The Balaban J connectivity index is 1.63. The molecular formula is C21H23N3O. The van der Waals surface area contributed by atoms with Crippen LogP contribution in [0.4, 0.5) is 0 Å². The minimum Gasteiger partial charge on any atom is -0.379 e. The summed E-state index contributed by atoms with van der Waals surface area (Å²) in [6.45, 7) is 5.82. The number of aromatic nitrogens is 3. The largest absolute Gasteiger partial charge is 0.379 e. The van der Waals surface area contributed by atoms with Crippen molar-refractivity contribution >= 4 is 0 Å². The summed E-state index contributed by atoms with van der Waals surface area (Å²) in [5, 5.41) is 0. The fourth-order valence-electron chi connectivity index (χ4n) is 3.60. The number of rotatable bonds is 4. The summed E-state index contributed by atoms with van der Waals surface area (Å²) in [5.74, 6) is 1.47. The highest BCUT2D eigenvalue weighted by molar-refractivity contribution is 5.58. The lowest BCUT2D eigenvalue weighted by Crippen LogP contribution is -2.20. The Kier molecular flexibility index (Phi) is 4.36. The molecular weight excluding hydrogens is 310 g/mol. The number of benzene rings is 1. The van der Waals surface area contributed by atoms with Crippen molar-refractivity contribution in [1.29, 1.82) is 0 Å². The lowest BCUT2D eigenvalue weighted by Gasteiger charge is -2.21. The molecule has 25 heavy (non-hydrogen) atoms. The van der Waals surface area contributed by atoms with Gasteiger partial charge in [-0.25, -0.2) is 4.98 Å². The van der Waals surface area contributed by atoms with Crippen molar-refractivity contribution in [3.63, 3.8) is 0 Å². The molecule has 1 fully saturated rings. The molecule has 1 aromatic carbocycles. The first-order valence-electron chi connectivity index (χ1n) is 8.79. The van der Waals surface area contributed by atoms with Crippen LogP contribution < -0.4 is 0 Å². The van der Waals surface area contributed by atoms with Gasteiger partial charge in [-0.15, -0.1) is 0 Å². The number of hydrogen-bond acceptors (Lipinski definition) is 3. The second kappa shape index (κ2) is 6.81. The van der Waals surface area contributed by atoms with Gasteiger partial charge in [0.25, 0.3) is 0 Å². The monoisotopic (exact) mass is 333 g/mol. The van der Waals surface area contributed by atoms with E-state index in [1.54, 1.807) is 0 Å². The fourth-order valence-corrected chi connectivity index (χ4v) is 3.60. The van der Waals surface area contributed by atoms with Crippen LogP contribution in [-0.2, 0) is 11.2 Å². The van der Waals surface area contributed by atoms with Gasteiger partial charge in [0.05, 0.1) is 19.3 Å². The molecule has 2 atom stereocenters. The van der Waals surface area contributed by atoms with Crippen LogP contribution in [0.25, 0.3) is 11.4 Å². The summed E-state index contributed by atoms with van der Waals surface area (Å²) in [5.41, 5.74) is 5.08. The van der Waals surface area contributed by atoms with E-state index in [1.165, 1.54) is 22.3 Å². The zero-order valence-corrected chi connectivity index (χ0v) is 14.7. The lowest BCUT2D eigenvalue weighted by molar-refractivity contribution is 0.181. The molecule has 4 rings (SSSR count). The van der Waals surface area contributed by atoms with E-state index in [9.17, 15) is 0 Å². The normalized spacial score (nSPS) is 20.1. The van der Waals surface area contributed by atoms with E-state index in [-0.39, 0.29) is 0 Å². The maximum absolute atomic E-state index is 5.84. The Morgan fingerprint density at radius 3 is 2.68 bits per heavy atom. The number of aryl methyl sites for hydroxylation is 2. The van der Waals surface area contributed by atoms with Gasteiger partial charge in [-0.05, 0) is 55.2 Å². The van der Waals surface area contributed by atoms with Crippen molar-refractivity contribution in [3.8, 4) is 11.4 Å². The fraction of sp³-hybridized carbons (Fsp3) is 0.333. The molecule has 0 radical (unpaired) electrons. The Labute approximate surface area is 148 Å². The van der Waals surface area contributed by atoms with E-state index in [0.29, 0.717) is 12.0 Å². The highest BCUT2D eigenvalue weighted by Gasteiger charge is 2.31. The van der Waals surface area contributed by atoms with Gasteiger partial charge >= 0.3 is 0 Å². The Bertz CT molecular complexity index is 857. The topological polar surface area (TPSA) is 39.9 Å². The van der Waals surface area contributed by atoms with Crippen LogP contribution in [0.5, 0.6) is 0 Å². The first kappa shape index (κ1) is 16.0. The first-order chi connectivity index (χ1) is 12.2. The molecule has 4 nitrogen and oxygen atoms in total. The van der Waals surface area contributed by atoms with E-state index < -0.39 is 0 Å². The molecule has 3 aromatic rings. The van der Waals surface area contributed by atoms with Crippen molar-refractivity contribution in [2.24, 2.45) is 5.92 Å². The maximum atomic E-state index is 5.84. The van der Waals surface area contributed by atoms with Crippen LogP contribution in [0.3, 0.4) is 0 Å². The molecule has 2 aromatic heterocycles. The molecule has 0 aliphatic carbocycles. The number of hydrogen-bond donors (Lipinski definition) is 0. The van der Waals surface area contributed by atoms with E-state index in [0.717, 1.165) is 25.5 Å². The molecule has 0 spiro atoms. The zero-order chi connectivity index (χ0) is 17.2. The molecule has 0 saturated carbocycles. The van der Waals surface area contributed by atoms with Crippen molar-refractivity contribution < 1.29 is 4.74 Å². The van der Waals surface area contributed by atoms with Gasteiger partial charge in [0.1, 0.15) is 5.82 Å². The number of ether oxygens (including phenoxy) is 1. The first-order valence-corrected chi connectivity index (χ1v) is 8.79. The van der Waals surface area contributed by atoms with Crippen molar-refractivity contribution in [2.45, 2.75) is 26.3 Å². The maximum Gasteiger partial charge on any atom is 0.140 e. The summed E-state index contributed by atoms with van der Waals surface area (Å²) in [6.07, 6.45) is 8.70. The average molecular weight is 333 g/mol. The second-order valence-electron chi connectivity index (χ2n) is 6.88. The molecule has 0 N–H and O–H groups in total. The van der Waals surface area contributed by atoms with Gasteiger partial charge in [0, 0.05) is 36.3 Å². The van der Waals surface area contributed by atoms with Gasteiger partial charge in [0.2, 0.25) is 0 Å². The standard InChI is InChI=1S/C21H23N3O/c1-15-3-4-18(11-16(15)2)21-23-9-10-24(21)20-14-25-13-19(20)12-17-5-7-22-8-6-17/h3-11,19-20H,12-14H2,1-2H3/t19-,20-/m1/s1. The molecule has 128 valence electrons. The SMILES string of the molecule is Cc1ccc(-c2nccn2[C@@H]2COC[C@H]2Cc2ccncc2)cc1C. The molecule has 0 bridgehead atoms. The third-order valence-electron chi connectivity index (χ3n) is 5.20. The summed E-state index contributed by atoms with van der Waals surface area (Å²) >= 11 is 0. The van der Waals surface area contributed by atoms with Gasteiger partial charge in [-0.1, -0.05) is 12.1 Å². The highest BCUT2D eigenvalue weighted by Crippen LogP contribution is 2.33. The van der Waals surface area contributed by atoms with Crippen LogP contribution in [-0.4, -0.2) is 27.7 Å². The van der Waals surface area contributed by atoms with Crippen LogP contribution in [0.1, 0.15) is 22.7 Å². The molecule has 1 aliphatic rings. The van der Waals surface area contributed by atoms with E-state index in [2.05, 4.69) is 64.9 Å². The average Bonchev–Trinajstić information content (AvgIpc) is 3.27. The predicted octanol–water partition coefficient (Wildman–Crippen LogP) is 3.99. The Morgan fingerprint density at radius 1 is 1.04 bits per heavy atom. The third-order valence-corrected chi connectivity index (χ3v) is 5.20. The zero-order valence-electron chi connectivity index (χ0n) is 14.7. The van der Waals surface area contributed by atoms with Crippen LogP contribution in [0.2, 0.25) is 0 Å². The van der Waals surface area contributed by atoms with Gasteiger partial charge in [-0.2, -0.15) is 0 Å². The predicted molar refractivity (Wildman–Crippen MR) is 98.4 cm³/mol.